The van der Waals surface area contributed by atoms with Gasteiger partial charge in [0.25, 0.3) is 5.91 Å². The molecule has 0 saturated carbocycles. The topological polar surface area (TPSA) is 109 Å². The second-order valence-electron chi connectivity index (χ2n) is 3.89. The molecule has 1 amide bonds. The molecule has 7 nitrogen and oxygen atoms in total. The summed E-state index contributed by atoms with van der Waals surface area (Å²) in [7, 11) is -3.69. The number of carbonyl (C=O) groups is 1. The molecule has 0 aliphatic heterocycles. The lowest BCUT2D eigenvalue weighted by molar-refractivity contribution is 0.0935. The van der Waals surface area contributed by atoms with Crippen LogP contribution in [-0.2, 0) is 10.1 Å². The fraction of sp³-hybridized carbons (Fsp3) is 0.364. The standard InChI is InChI=1S/C11H13N3O4S/c1-8(6-7-12)13-11(15)9-4-3-5-10(14-9)18-19(2,16)17/h3-5,8H,6H2,1-2H3,(H,13,15). The van der Waals surface area contributed by atoms with Crippen molar-refractivity contribution in [2.45, 2.75) is 19.4 Å². The van der Waals surface area contributed by atoms with Crippen molar-refractivity contribution >= 4 is 16.0 Å². The zero-order valence-corrected chi connectivity index (χ0v) is 11.3. The Labute approximate surface area is 111 Å². The first-order valence-electron chi connectivity index (χ1n) is 5.36. The molecule has 1 unspecified atom stereocenters. The van der Waals surface area contributed by atoms with E-state index in [1.807, 2.05) is 6.07 Å². The minimum Gasteiger partial charge on any atom is -0.362 e. The Kier molecular flexibility index (Phi) is 4.83. The number of nitrogens with zero attached hydrogens (tertiary/aromatic N) is 2. The first kappa shape index (κ1) is 14.9. The van der Waals surface area contributed by atoms with Gasteiger partial charge in [0.15, 0.2) is 0 Å². The van der Waals surface area contributed by atoms with E-state index < -0.39 is 16.0 Å². The Morgan fingerprint density at radius 2 is 2.26 bits per heavy atom. The number of hydrogen-bond acceptors (Lipinski definition) is 6. The number of nitrogens with one attached hydrogen (secondary N) is 1. The van der Waals surface area contributed by atoms with Gasteiger partial charge in [-0.15, -0.1) is 0 Å². The van der Waals surface area contributed by atoms with Crippen molar-refractivity contribution < 1.29 is 17.4 Å². The first-order valence-corrected chi connectivity index (χ1v) is 7.18. The van der Waals surface area contributed by atoms with Crippen molar-refractivity contribution in [3.8, 4) is 11.9 Å². The number of carbonyl (C=O) groups excluding carboxylic acids is 1. The maximum atomic E-state index is 11.8. The molecule has 1 aromatic heterocycles. The van der Waals surface area contributed by atoms with Gasteiger partial charge < -0.3 is 9.50 Å². The molecule has 19 heavy (non-hydrogen) atoms. The van der Waals surface area contributed by atoms with E-state index in [4.69, 9.17) is 5.26 Å². The van der Waals surface area contributed by atoms with Gasteiger partial charge in [-0.1, -0.05) is 6.07 Å². The van der Waals surface area contributed by atoms with E-state index in [0.29, 0.717) is 0 Å². The Balaban J connectivity index is 2.82. The van der Waals surface area contributed by atoms with Crippen molar-refractivity contribution in [2.75, 3.05) is 6.26 Å². The molecule has 0 saturated heterocycles. The summed E-state index contributed by atoms with van der Waals surface area (Å²) < 4.78 is 26.5. The molecular formula is C11H13N3O4S. The van der Waals surface area contributed by atoms with E-state index >= 15 is 0 Å². The van der Waals surface area contributed by atoms with Gasteiger partial charge in [-0.05, 0) is 13.0 Å². The number of nitriles is 1. The van der Waals surface area contributed by atoms with Crippen molar-refractivity contribution in [3.05, 3.63) is 23.9 Å². The van der Waals surface area contributed by atoms with Crippen molar-refractivity contribution in [3.63, 3.8) is 0 Å². The van der Waals surface area contributed by atoms with Crippen LogP contribution in [0.5, 0.6) is 5.88 Å². The minimum atomic E-state index is -3.69. The Bertz CT molecular complexity index is 607. The van der Waals surface area contributed by atoms with Crippen LogP contribution < -0.4 is 9.50 Å². The maximum Gasteiger partial charge on any atom is 0.307 e. The molecule has 0 aliphatic carbocycles. The third kappa shape index (κ3) is 5.35. The molecule has 0 spiro atoms. The van der Waals surface area contributed by atoms with Crippen LogP contribution in [0.3, 0.4) is 0 Å². The second kappa shape index (κ2) is 6.15. The highest BCUT2D eigenvalue weighted by Gasteiger charge is 2.13. The first-order chi connectivity index (χ1) is 8.81. The van der Waals surface area contributed by atoms with Crippen LogP contribution in [0, 0.1) is 11.3 Å². The number of aromatic nitrogens is 1. The molecular weight excluding hydrogens is 270 g/mol. The number of hydrogen-bond donors (Lipinski definition) is 1. The van der Waals surface area contributed by atoms with Crippen LogP contribution in [0.1, 0.15) is 23.8 Å². The third-order valence-corrected chi connectivity index (χ3v) is 2.44. The summed E-state index contributed by atoms with van der Waals surface area (Å²) in [6.07, 6.45) is 1.06. The van der Waals surface area contributed by atoms with E-state index in [9.17, 15) is 13.2 Å². The lowest BCUT2D eigenvalue weighted by Gasteiger charge is -2.10. The fourth-order valence-corrected chi connectivity index (χ4v) is 1.63. The molecule has 1 atom stereocenters. The monoisotopic (exact) mass is 283 g/mol. The van der Waals surface area contributed by atoms with Gasteiger partial charge in [0.2, 0.25) is 5.88 Å². The van der Waals surface area contributed by atoms with Crippen LogP contribution >= 0.6 is 0 Å². The van der Waals surface area contributed by atoms with Gasteiger partial charge in [0.1, 0.15) is 5.69 Å². The van der Waals surface area contributed by atoms with Gasteiger partial charge >= 0.3 is 10.1 Å². The van der Waals surface area contributed by atoms with Gasteiger partial charge in [-0.2, -0.15) is 13.7 Å². The summed E-state index contributed by atoms with van der Waals surface area (Å²) in [5, 5.41) is 11.0. The van der Waals surface area contributed by atoms with Gasteiger partial charge in [-0.3, -0.25) is 4.79 Å². The van der Waals surface area contributed by atoms with E-state index in [1.165, 1.54) is 18.2 Å². The second-order valence-corrected chi connectivity index (χ2v) is 5.46. The van der Waals surface area contributed by atoms with Gasteiger partial charge in [0.05, 0.1) is 18.7 Å². The average Bonchev–Trinajstić information content (AvgIpc) is 2.27. The molecule has 0 bridgehead atoms. The van der Waals surface area contributed by atoms with Crippen LogP contribution in [0.25, 0.3) is 0 Å². The molecule has 1 aromatic rings. The van der Waals surface area contributed by atoms with Crippen molar-refractivity contribution in [1.82, 2.24) is 10.3 Å². The lowest BCUT2D eigenvalue weighted by Crippen LogP contribution is -2.32. The summed E-state index contributed by atoms with van der Waals surface area (Å²) in [4.78, 5) is 15.5. The number of pyridine rings is 1. The smallest absolute Gasteiger partial charge is 0.307 e. The van der Waals surface area contributed by atoms with Crippen molar-refractivity contribution in [1.29, 1.82) is 5.26 Å². The largest absolute Gasteiger partial charge is 0.362 e. The molecule has 1 N–H and O–H groups in total. The number of amides is 1. The normalized spacial score (nSPS) is 12.3. The quantitative estimate of drug-likeness (QED) is 0.786. The van der Waals surface area contributed by atoms with E-state index in [1.54, 1.807) is 6.92 Å². The molecule has 1 rings (SSSR count). The zero-order chi connectivity index (χ0) is 14.5. The molecule has 0 aliphatic rings. The minimum absolute atomic E-state index is 0.0194. The predicted octanol–water partition coefficient (Wildman–Crippen LogP) is 0.452. The summed E-state index contributed by atoms with van der Waals surface area (Å²) in [5.74, 6) is -0.676. The Morgan fingerprint density at radius 3 is 2.84 bits per heavy atom. The van der Waals surface area contributed by atoms with Crippen LogP contribution in [0.2, 0.25) is 0 Å². The molecule has 0 radical (unpaired) electrons. The third-order valence-electron chi connectivity index (χ3n) is 1.97. The van der Waals surface area contributed by atoms with E-state index in [2.05, 4.69) is 14.5 Å². The molecule has 102 valence electrons. The van der Waals surface area contributed by atoms with Crippen LogP contribution in [0.4, 0.5) is 0 Å². The highest BCUT2D eigenvalue weighted by molar-refractivity contribution is 7.86. The Hall–Kier alpha value is -2.14. The maximum absolute atomic E-state index is 11.8. The SMILES string of the molecule is CC(CC#N)NC(=O)c1cccc(OS(C)(=O)=O)n1. The zero-order valence-electron chi connectivity index (χ0n) is 10.5. The molecule has 8 heteroatoms. The van der Waals surface area contributed by atoms with Crippen molar-refractivity contribution in [2.24, 2.45) is 0 Å². The molecule has 1 heterocycles. The highest BCUT2D eigenvalue weighted by atomic mass is 32.2. The fourth-order valence-electron chi connectivity index (χ4n) is 1.23. The van der Waals surface area contributed by atoms with Crippen LogP contribution in [0.15, 0.2) is 18.2 Å². The summed E-state index contributed by atoms with van der Waals surface area (Å²) in [6, 6.07) is 5.81. The number of rotatable bonds is 5. The predicted molar refractivity (Wildman–Crippen MR) is 66.9 cm³/mol. The summed E-state index contributed by atoms with van der Waals surface area (Å²) in [5.41, 5.74) is 0.0194. The molecule has 0 aromatic carbocycles. The summed E-state index contributed by atoms with van der Waals surface area (Å²) >= 11 is 0. The highest BCUT2D eigenvalue weighted by Crippen LogP contribution is 2.10. The van der Waals surface area contributed by atoms with E-state index in [0.717, 1.165) is 6.26 Å². The van der Waals surface area contributed by atoms with E-state index in [-0.39, 0.29) is 24.0 Å². The van der Waals surface area contributed by atoms with Gasteiger partial charge in [-0.25, -0.2) is 4.98 Å². The van der Waals surface area contributed by atoms with Gasteiger partial charge in [0, 0.05) is 12.1 Å². The summed E-state index contributed by atoms with van der Waals surface area (Å²) in [6.45, 7) is 1.68. The molecule has 0 fully saturated rings. The van der Waals surface area contributed by atoms with Crippen LogP contribution in [-0.4, -0.2) is 31.6 Å². The lowest BCUT2D eigenvalue weighted by atomic mass is 10.2. The Morgan fingerprint density at radius 1 is 1.58 bits per heavy atom. The average molecular weight is 283 g/mol.